The summed E-state index contributed by atoms with van der Waals surface area (Å²) in [5.74, 6) is 0.552. The highest BCUT2D eigenvalue weighted by Gasteiger charge is 2.16. The molecule has 0 spiro atoms. The third-order valence-electron chi connectivity index (χ3n) is 3.23. The molecule has 0 radical (unpaired) electrons. The number of piperidine rings is 1. The smallest absolute Gasteiger partial charge is 0.224 e. The normalized spacial score (nSPS) is 15.9. The number of nitriles is 1. The summed E-state index contributed by atoms with van der Waals surface area (Å²) in [7, 11) is 0. The predicted octanol–water partition coefficient (Wildman–Crippen LogP) is 1.89. The summed E-state index contributed by atoms with van der Waals surface area (Å²) in [6.07, 6.45) is 2.73. The minimum Gasteiger partial charge on any atom is -0.326 e. The van der Waals surface area contributed by atoms with Crippen molar-refractivity contribution in [2.75, 3.05) is 18.4 Å². The van der Waals surface area contributed by atoms with Gasteiger partial charge in [0.1, 0.15) is 0 Å². The van der Waals surface area contributed by atoms with Crippen LogP contribution < -0.4 is 10.6 Å². The number of rotatable bonds is 3. The van der Waals surface area contributed by atoms with Crippen molar-refractivity contribution in [3.63, 3.8) is 0 Å². The first-order valence-electron chi connectivity index (χ1n) is 6.28. The van der Waals surface area contributed by atoms with Gasteiger partial charge in [0.15, 0.2) is 0 Å². The van der Waals surface area contributed by atoms with Crippen LogP contribution in [-0.2, 0) is 4.79 Å². The van der Waals surface area contributed by atoms with Crippen LogP contribution in [0.3, 0.4) is 0 Å². The Bertz CT molecular complexity index is 441. The lowest BCUT2D eigenvalue weighted by atomic mass is 9.94. The molecule has 94 valence electrons. The minimum atomic E-state index is 0.0617. The summed E-state index contributed by atoms with van der Waals surface area (Å²) >= 11 is 0. The maximum absolute atomic E-state index is 11.8. The van der Waals surface area contributed by atoms with Crippen LogP contribution in [0.2, 0.25) is 0 Å². The minimum absolute atomic E-state index is 0.0617. The summed E-state index contributed by atoms with van der Waals surface area (Å²) in [6.45, 7) is 2.02. The summed E-state index contributed by atoms with van der Waals surface area (Å²) in [5.41, 5.74) is 1.36. The maximum atomic E-state index is 11.8. The first kappa shape index (κ1) is 12.6. The van der Waals surface area contributed by atoms with E-state index in [0.717, 1.165) is 31.6 Å². The van der Waals surface area contributed by atoms with E-state index in [0.29, 0.717) is 17.9 Å². The van der Waals surface area contributed by atoms with E-state index in [4.69, 9.17) is 5.26 Å². The quantitative estimate of drug-likeness (QED) is 0.852. The molecule has 1 saturated heterocycles. The van der Waals surface area contributed by atoms with Crippen molar-refractivity contribution in [2.45, 2.75) is 19.3 Å². The van der Waals surface area contributed by atoms with Gasteiger partial charge >= 0.3 is 0 Å². The highest BCUT2D eigenvalue weighted by Crippen LogP contribution is 2.17. The summed E-state index contributed by atoms with van der Waals surface area (Å²) in [5, 5.41) is 14.8. The number of hydrogen-bond acceptors (Lipinski definition) is 3. The molecule has 1 amide bonds. The van der Waals surface area contributed by atoms with Gasteiger partial charge < -0.3 is 10.6 Å². The summed E-state index contributed by atoms with van der Waals surface area (Å²) in [4.78, 5) is 11.8. The van der Waals surface area contributed by atoms with Crippen LogP contribution in [0.4, 0.5) is 5.69 Å². The van der Waals surface area contributed by atoms with Crippen LogP contribution in [0.15, 0.2) is 24.3 Å². The Balaban J connectivity index is 1.84. The third kappa shape index (κ3) is 3.57. The zero-order valence-corrected chi connectivity index (χ0v) is 10.3. The molecule has 1 heterocycles. The molecule has 4 nitrogen and oxygen atoms in total. The fraction of sp³-hybridized carbons (Fsp3) is 0.429. The van der Waals surface area contributed by atoms with E-state index >= 15 is 0 Å². The Morgan fingerprint density at radius 2 is 2.00 bits per heavy atom. The van der Waals surface area contributed by atoms with Gasteiger partial charge in [0.05, 0.1) is 11.6 Å². The lowest BCUT2D eigenvalue weighted by Gasteiger charge is -2.21. The first-order chi connectivity index (χ1) is 8.78. The van der Waals surface area contributed by atoms with E-state index in [1.807, 2.05) is 0 Å². The standard InChI is InChI=1S/C14H17N3O/c15-10-12-1-3-13(4-2-12)17-14(18)9-11-5-7-16-8-6-11/h1-4,11,16H,5-9H2,(H,17,18). The van der Waals surface area contributed by atoms with Gasteiger partial charge in [0.25, 0.3) is 0 Å². The van der Waals surface area contributed by atoms with Crippen molar-refractivity contribution >= 4 is 11.6 Å². The fourth-order valence-corrected chi connectivity index (χ4v) is 2.19. The molecule has 0 bridgehead atoms. The van der Waals surface area contributed by atoms with E-state index in [1.165, 1.54) is 0 Å². The number of benzene rings is 1. The number of carbonyl (C=O) groups is 1. The molecule has 2 rings (SSSR count). The van der Waals surface area contributed by atoms with Gasteiger partial charge in [-0.25, -0.2) is 0 Å². The monoisotopic (exact) mass is 243 g/mol. The Morgan fingerprint density at radius 3 is 2.61 bits per heavy atom. The van der Waals surface area contributed by atoms with Crippen LogP contribution in [-0.4, -0.2) is 19.0 Å². The Kier molecular flexibility index (Phi) is 4.32. The van der Waals surface area contributed by atoms with E-state index in [2.05, 4.69) is 16.7 Å². The molecular weight excluding hydrogens is 226 g/mol. The molecule has 0 aliphatic carbocycles. The Labute approximate surface area is 107 Å². The van der Waals surface area contributed by atoms with Crippen molar-refractivity contribution in [3.8, 4) is 6.07 Å². The Hall–Kier alpha value is -1.86. The zero-order valence-electron chi connectivity index (χ0n) is 10.3. The molecule has 1 fully saturated rings. The van der Waals surface area contributed by atoms with Crippen molar-refractivity contribution in [2.24, 2.45) is 5.92 Å². The number of amides is 1. The second-order valence-corrected chi connectivity index (χ2v) is 4.63. The molecule has 0 atom stereocenters. The van der Waals surface area contributed by atoms with Gasteiger partial charge in [0.2, 0.25) is 5.91 Å². The largest absolute Gasteiger partial charge is 0.326 e. The number of carbonyl (C=O) groups excluding carboxylic acids is 1. The number of anilines is 1. The predicted molar refractivity (Wildman–Crippen MR) is 70.0 cm³/mol. The second-order valence-electron chi connectivity index (χ2n) is 4.63. The van der Waals surface area contributed by atoms with Gasteiger partial charge in [-0.1, -0.05) is 0 Å². The lowest BCUT2D eigenvalue weighted by molar-refractivity contribution is -0.117. The van der Waals surface area contributed by atoms with Crippen molar-refractivity contribution in [3.05, 3.63) is 29.8 Å². The third-order valence-corrected chi connectivity index (χ3v) is 3.23. The molecule has 0 aromatic heterocycles. The number of hydrogen-bond donors (Lipinski definition) is 2. The van der Waals surface area contributed by atoms with Gasteiger partial charge in [0, 0.05) is 12.1 Å². The van der Waals surface area contributed by atoms with Crippen LogP contribution in [0, 0.1) is 17.2 Å². The van der Waals surface area contributed by atoms with Crippen LogP contribution in [0.5, 0.6) is 0 Å². The van der Waals surface area contributed by atoms with Crippen LogP contribution >= 0.6 is 0 Å². The molecule has 1 aromatic carbocycles. The molecule has 0 saturated carbocycles. The number of nitrogens with one attached hydrogen (secondary N) is 2. The second kappa shape index (κ2) is 6.18. The van der Waals surface area contributed by atoms with Gasteiger partial charge in [-0.05, 0) is 56.1 Å². The molecule has 18 heavy (non-hydrogen) atoms. The summed E-state index contributed by atoms with van der Waals surface area (Å²) in [6, 6.07) is 9.00. The molecule has 0 unspecified atom stereocenters. The number of nitrogens with zero attached hydrogens (tertiary/aromatic N) is 1. The van der Waals surface area contributed by atoms with Crippen molar-refractivity contribution < 1.29 is 4.79 Å². The van der Waals surface area contributed by atoms with Gasteiger partial charge in [-0.15, -0.1) is 0 Å². The van der Waals surface area contributed by atoms with Crippen LogP contribution in [0.1, 0.15) is 24.8 Å². The SMILES string of the molecule is N#Cc1ccc(NC(=O)CC2CCNCC2)cc1. The first-order valence-corrected chi connectivity index (χ1v) is 6.28. The van der Waals surface area contributed by atoms with E-state index < -0.39 is 0 Å². The molecule has 1 aromatic rings. The average molecular weight is 243 g/mol. The molecule has 1 aliphatic rings. The lowest BCUT2D eigenvalue weighted by Crippen LogP contribution is -2.30. The average Bonchev–Trinajstić information content (AvgIpc) is 2.40. The van der Waals surface area contributed by atoms with E-state index in [9.17, 15) is 4.79 Å². The van der Waals surface area contributed by atoms with E-state index in [1.54, 1.807) is 24.3 Å². The fourth-order valence-electron chi connectivity index (χ4n) is 2.19. The highest BCUT2D eigenvalue weighted by molar-refractivity contribution is 5.90. The van der Waals surface area contributed by atoms with Crippen molar-refractivity contribution in [1.29, 1.82) is 5.26 Å². The van der Waals surface area contributed by atoms with Crippen molar-refractivity contribution in [1.82, 2.24) is 5.32 Å². The van der Waals surface area contributed by atoms with Gasteiger partial charge in [-0.2, -0.15) is 5.26 Å². The summed E-state index contributed by atoms with van der Waals surface area (Å²) < 4.78 is 0. The molecular formula is C14H17N3O. The van der Waals surface area contributed by atoms with Crippen LogP contribution in [0.25, 0.3) is 0 Å². The molecule has 2 N–H and O–H groups in total. The zero-order chi connectivity index (χ0) is 12.8. The molecule has 4 heteroatoms. The molecule has 1 aliphatic heterocycles. The van der Waals surface area contributed by atoms with Gasteiger partial charge in [-0.3, -0.25) is 4.79 Å². The Morgan fingerprint density at radius 1 is 1.33 bits per heavy atom. The topological polar surface area (TPSA) is 64.9 Å². The van der Waals surface area contributed by atoms with E-state index in [-0.39, 0.29) is 5.91 Å². The highest BCUT2D eigenvalue weighted by atomic mass is 16.1. The maximum Gasteiger partial charge on any atom is 0.224 e.